The van der Waals surface area contributed by atoms with Gasteiger partial charge in [-0.25, -0.2) is 9.18 Å². The van der Waals surface area contributed by atoms with Crippen LogP contribution in [-0.4, -0.2) is 43.8 Å². The number of hydrogen-bond acceptors (Lipinski definition) is 3. The summed E-state index contributed by atoms with van der Waals surface area (Å²) in [6, 6.07) is 9.49. The quantitative estimate of drug-likeness (QED) is 0.903. The van der Waals surface area contributed by atoms with Gasteiger partial charge in [-0.05, 0) is 5.56 Å². The zero-order valence-electron chi connectivity index (χ0n) is 11.0. The fourth-order valence-electron chi connectivity index (χ4n) is 2.14. The minimum Gasteiger partial charge on any atom is -0.445 e. The number of carbonyl (C=O) groups is 1. The molecular formula is C14H19FN2O2. The van der Waals surface area contributed by atoms with Gasteiger partial charge in [0, 0.05) is 32.6 Å². The lowest BCUT2D eigenvalue weighted by atomic mass is 10.1. The van der Waals surface area contributed by atoms with Gasteiger partial charge in [-0.2, -0.15) is 0 Å². The van der Waals surface area contributed by atoms with Crippen molar-refractivity contribution in [3.05, 3.63) is 35.9 Å². The van der Waals surface area contributed by atoms with Crippen molar-refractivity contribution in [2.75, 3.05) is 26.7 Å². The number of hydrogen-bond donors (Lipinski definition) is 1. The van der Waals surface area contributed by atoms with Gasteiger partial charge in [0.15, 0.2) is 0 Å². The lowest BCUT2D eigenvalue weighted by molar-refractivity contribution is 0.0959. The second kappa shape index (κ2) is 6.52. The lowest BCUT2D eigenvalue weighted by Crippen LogP contribution is -2.35. The van der Waals surface area contributed by atoms with E-state index in [4.69, 9.17) is 4.74 Å². The number of nitrogens with one attached hydrogen (secondary N) is 1. The van der Waals surface area contributed by atoms with Crippen LogP contribution >= 0.6 is 0 Å². The summed E-state index contributed by atoms with van der Waals surface area (Å²) in [5.74, 6) is -0.144. The molecule has 0 saturated carbocycles. The van der Waals surface area contributed by atoms with Gasteiger partial charge in [0.1, 0.15) is 12.8 Å². The zero-order valence-corrected chi connectivity index (χ0v) is 11.0. The van der Waals surface area contributed by atoms with E-state index >= 15 is 0 Å². The van der Waals surface area contributed by atoms with E-state index in [0.29, 0.717) is 19.6 Å². The SMILES string of the molecule is CN(C[C@H]1CNC[C@H]1F)C(=O)OCc1ccccc1. The summed E-state index contributed by atoms with van der Waals surface area (Å²) >= 11 is 0. The van der Waals surface area contributed by atoms with Crippen LogP contribution in [0.4, 0.5) is 9.18 Å². The van der Waals surface area contributed by atoms with Crippen molar-refractivity contribution < 1.29 is 13.9 Å². The molecule has 2 rings (SSSR count). The molecule has 1 saturated heterocycles. The first-order valence-corrected chi connectivity index (χ1v) is 6.43. The van der Waals surface area contributed by atoms with Crippen LogP contribution in [0.5, 0.6) is 0 Å². The molecule has 1 heterocycles. The molecule has 0 aliphatic carbocycles. The van der Waals surface area contributed by atoms with E-state index in [9.17, 15) is 9.18 Å². The highest BCUT2D eigenvalue weighted by molar-refractivity contribution is 5.67. The number of nitrogens with zero attached hydrogens (tertiary/aromatic N) is 1. The van der Waals surface area contributed by atoms with E-state index in [0.717, 1.165) is 5.56 Å². The average Bonchev–Trinajstić information content (AvgIpc) is 2.82. The molecule has 4 nitrogen and oxygen atoms in total. The third-order valence-corrected chi connectivity index (χ3v) is 3.28. The Bertz CT molecular complexity index is 413. The monoisotopic (exact) mass is 266 g/mol. The Hall–Kier alpha value is -1.62. The van der Waals surface area contributed by atoms with Gasteiger partial charge in [0.05, 0.1) is 0 Å². The van der Waals surface area contributed by atoms with E-state index in [2.05, 4.69) is 5.32 Å². The fourth-order valence-corrected chi connectivity index (χ4v) is 2.14. The number of carbonyl (C=O) groups excluding carboxylic acids is 1. The molecule has 1 aliphatic heterocycles. The third kappa shape index (κ3) is 3.92. The van der Waals surface area contributed by atoms with E-state index in [1.165, 1.54) is 4.90 Å². The first kappa shape index (κ1) is 13.8. The highest BCUT2D eigenvalue weighted by Crippen LogP contribution is 2.14. The van der Waals surface area contributed by atoms with Gasteiger partial charge >= 0.3 is 6.09 Å². The van der Waals surface area contributed by atoms with Crippen LogP contribution in [0.3, 0.4) is 0 Å². The normalized spacial score (nSPS) is 22.2. The number of alkyl halides is 1. The van der Waals surface area contributed by atoms with Crippen LogP contribution in [0.15, 0.2) is 30.3 Å². The molecule has 19 heavy (non-hydrogen) atoms. The Morgan fingerprint density at radius 1 is 1.42 bits per heavy atom. The van der Waals surface area contributed by atoms with Crippen molar-refractivity contribution >= 4 is 6.09 Å². The summed E-state index contributed by atoms with van der Waals surface area (Å²) in [5.41, 5.74) is 0.940. The Balaban J connectivity index is 1.76. The summed E-state index contributed by atoms with van der Waals surface area (Å²) in [6.45, 7) is 1.60. The molecule has 0 radical (unpaired) electrons. The first-order valence-electron chi connectivity index (χ1n) is 6.43. The predicted molar refractivity (Wildman–Crippen MR) is 70.5 cm³/mol. The molecule has 104 valence electrons. The van der Waals surface area contributed by atoms with Gasteiger partial charge in [0.25, 0.3) is 0 Å². The van der Waals surface area contributed by atoms with Gasteiger partial charge in [-0.1, -0.05) is 30.3 Å². The topological polar surface area (TPSA) is 41.6 Å². The molecule has 1 aliphatic rings. The van der Waals surface area contributed by atoms with Crippen LogP contribution in [0.1, 0.15) is 5.56 Å². The summed E-state index contributed by atoms with van der Waals surface area (Å²) in [4.78, 5) is 13.2. The summed E-state index contributed by atoms with van der Waals surface area (Å²) in [7, 11) is 1.64. The second-order valence-corrected chi connectivity index (χ2v) is 4.86. The van der Waals surface area contributed by atoms with Gasteiger partial charge in [-0.3, -0.25) is 0 Å². The van der Waals surface area contributed by atoms with Gasteiger partial charge in [0.2, 0.25) is 0 Å². The molecule has 1 aromatic carbocycles. The molecule has 1 N–H and O–H groups in total. The minimum atomic E-state index is -0.885. The minimum absolute atomic E-state index is 0.144. The number of benzene rings is 1. The fraction of sp³-hybridized carbons (Fsp3) is 0.500. The van der Waals surface area contributed by atoms with Crippen molar-refractivity contribution in [2.24, 2.45) is 5.92 Å². The second-order valence-electron chi connectivity index (χ2n) is 4.86. The number of rotatable bonds is 4. The molecule has 0 spiro atoms. The Morgan fingerprint density at radius 3 is 2.79 bits per heavy atom. The van der Waals surface area contributed by atoms with Crippen LogP contribution < -0.4 is 5.32 Å². The average molecular weight is 266 g/mol. The molecule has 1 fully saturated rings. The van der Waals surface area contributed by atoms with Crippen molar-refractivity contribution in [3.8, 4) is 0 Å². The summed E-state index contributed by atoms with van der Waals surface area (Å²) < 4.78 is 18.6. The summed E-state index contributed by atoms with van der Waals surface area (Å²) in [6.07, 6.45) is -1.30. The molecule has 1 aromatic rings. The third-order valence-electron chi connectivity index (χ3n) is 3.28. The van der Waals surface area contributed by atoms with Gasteiger partial charge in [-0.15, -0.1) is 0 Å². The Morgan fingerprint density at radius 2 is 2.16 bits per heavy atom. The maximum Gasteiger partial charge on any atom is 0.409 e. The maximum absolute atomic E-state index is 13.4. The van der Waals surface area contributed by atoms with Crippen LogP contribution in [-0.2, 0) is 11.3 Å². The first-order chi connectivity index (χ1) is 9.16. The van der Waals surface area contributed by atoms with E-state index in [-0.39, 0.29) is 12.5 Å². The molecule has 0 bridgehead atoms. The largest absolute Gasteiger partial charge is 0.445 e. The number of halogens is 1. The maximum atomic E-state index is 13.4. The van der Waals surface area contributed by atoms with E-state index in [1.807, 2.05) is 30.3 Å². The number of ether oxygens (including phenoxy) is 1. The molecule has 5 heteroatoms. The van der Waals surface area contributed by atoms with Crippen molar-refractivity contribution in [3.63, 3.8) is 0 Å². The standard InChI is InChI=1S/C14H19FN2O2/c1-17(9-12-7-16-8-13(12)15)14(18)19-10-11-5-3-2-4-6-11/h2-6,12-13,16H,7-10H2,1H3/t12-,13-/m1/s1. The molecular weight excluding hydrogens is 247 g/mol. The molecule has 1 amide bonds. The Kier molecular flexibility index (Phi) is 4.74. The lowest BCUT2D eigenvalue weighted by Gasteiger charge is -2.21. The Labute approximate surface area is 112 Å². The van der Waals surface area contributed by atoms with Gasteiger partial charge < -0.3 is 15.0 Å². The van der Waals surface area contributed by atoms with Crippen LogP contribution in [0, 0.1) is 5.92 Å². The molecule has 0 unspecified atom stereocenters. The molecule has 0 aromatic heterocycles. The highest BCUT2D eigenvalue weighted by atomic mass is 19.1. The zero-order chi connectivity index (χ0) is 13.7. The van der Waals surface area contributed by atoms with Crippen molar-refractivity contribution in [1.29, 1.82) is 0 Å². The smallest absolute Gasteiger partial charge is 0.409 e. The number of amides is 1. The highest BCUT2D eigenvalue weighted by Gasteiger charge is 2.29. The van der Waals surface area contributed by atoms with E-state index < -0.39 is 12.3 Å². The molecule has 2 atom stereocenters. The predicted octanol–water partition coefficient (Wildman–Crippen LogP) is 1.81. The summed E-state index contributed by atoms with van der Waals surface area (Å²) in [5, 5.41) is 2.97. The van der Waals surface area contributed by atoms with Crippen LogP contribution in [0.25, 0.3) is 0 Å². The van der Waals surface area contributed by atoms with Crippen LogP contribution in [0.2, 0.25) is 0 Å². The van der Waals surface area contributed by atoms with Crippen molar-refractivity contribution in [2.45, 2.75) is 12.8 Å². The van der Waals surface area contributed by atoms with Crippen molar-refractivity contribution in [1.82, 2.24) is 10.2 Å². The van der Waals surface area contributed by atoms with E-state index in [1.54, 1.807) is 7.05 Å².